The van der Waals surface area contributed by atoms with E-state index in [-0.39, 0.29) is 69.9 Å². The molecule has 0 bridgehead atoms. The molecule has 4 aromatic heterocycles. The van der Waals surface area contributed by atoms with Crippen molar-refractivity contribution in [2.45, 2.75) is 133 Å². The molecular formula is C117H106N6O2Pt2-2. The number of phenolic OH excluding ortho intramolecular Hbond substituents is 2. The number of aromatic hydroxyl groups is 2. The largest absolute Gasteiger partial charge is 0.507 e. The Morgan fingerprint density at radius 3 is 1.13 bits per heavy atom. The number of imidazole rings is 2. The summed E-state index contributed by atoms with van der Waals surface area (Å²) >= 11 is 0. The fourth-order valence-corrected chi connectivity index (χ4v) is 17.1. The average Bonchev–Trinajstić information content (AvgIpc) is 1.59. The minimum Gasteiger partial charge on any atom is -0.507 e. The molecule has 0 aliphatic rings. The second-order valence-corrected chi connectivity index (χ2v) is 36.1. The van der Waals surface area contributed by atoms with Gasteiger partial charge in [-0.1, -0.05) is 351 Å². The van der Waals surface area contributed by atoms with Crippen LogP contribution in [-0.2, 0) is 64.8 Å². The van der Waals surface area contributed by atoms with Gasteiger partial charge in [-0.25, -0.2) is 9.97 Å². The summed E-state index contributed by atoms with van der Waals surface area (Å²) in [4.78, 5) is 20.9. The van der Waals surface area contributed by atoms with Crippen LogP contribution in [0.4, 0.5) is 0 Å². The van der Waals surface area contributed by atoms with Crippen molar-refractivity contribution in [1.82, 2.24) is 29.1 Å². The third-order valence-electron chi connectivity index (χ3n) is 24.0. The Labute approximate surface area is 786 Å². The van der Waals surface area contributed by atoms with Crippen LogP contribution in [0.25, 0.3) is 168 Å². The number of benzene rings is 14. The maximum absolute atomic E-state index is 12.3. The summed E-state index contributed by atoms with van der Waals surface area (Å²) in [5.41, 5.74) is 31.3. The zero-order valence-electron chi connectivity index (χ0n) is 79.9. The third kappa shape index (κ3) is 18.7. The first-order valence-electron chi connectivity index (χ1n) is 46.1. The van der Waals surface area contributed by atoms with Crippen molar-refractivity contribution in [3.05, 3.63) is 384 Å². The molecule has 638 valence electrons. The molecule has 0 radical (unpaired) electrons. The first-order valence-corrected chi connectivity index (χ1v) is 43.1. The fourth-order valence-electron chi connectivity index (χ4n) is 17.1. The SMILES string of the molecule is [2H]C([2H])([2H])c1ccc(-c2ccnc(-c3[c-]c(-c4cccc5c4nc(-c4cc(C)cc(C(C)(C)C)c4O)n5-c4ccc(C(C)(C)CC)cc4-c4ccccc4)cc(-c4ccccc4)c3)c2)cc1.[2H]C([2H])([2H])c1ccc(-c2ccnc(-c3[c-]c(-c4cccc5c4nc(-c4cc(C)cc(C(C)(C)C)c4O)n5-c4ccc(CC(C)C)cc4-c4ccccc4)cc(-c4ccccc4)c3)c2)cc1.[Pt].[Pt]. The van der Waals surface area contributed by atoms with Gasteiger partial charge < -0.3 is 10.2 Å². The predicted octanol–water partition coefficient (Wildman–Crippen LogP) is 30.6. The van der Waals surface area contributed by atoms with Gasteiger partial charge in [0.05, 0.1) is 44.6 Å². The molecule has 0 saturated carbocycles. The molecule has 0 spiro atoms. The number of pyridine rings is 2. The van der Waals surface area contributed by atoms with Gasteiger partial charge in [-0.15, -0.1) is 47.5 Å². The van der Waals surface area contributed by atoms with Crippen LogP contribution in [0.2, 0.25) is 0 Å². The Morgan fingerprint density at radius 1 is 0.354 bits per heavy atom. The van der Waals surface area contributed by atoms with Crippen LogP contribution >= 0.6 is 0 Å². The maximum atomic E-state index is 12.3. The minimum atomic E-state index is -2.18. The molecule has 18 aromatic rings. The fraction of sp³-hybridized carbons (Fsp3) is 0.179. The summed E-state index contributed by atoms with van der Waals surface area (Å²) < 4.78 is 51.6. The molecule has 4 heterocycles. The molecule has 0 saturated heterocycles. The first-order chi connectivity index (χ1) is 62.6. The normalized spacial score (nSPS) is 12.6. The zero-order valence-corrected chi connectivity index (χ0v) is 78.4. The number of nitrogens with zero attached hydrogens (tertiary/aromatic N) is 6. The van der Waals surface area contributed by atoms with Gasteiger partial charge in [0.25, 0.3) is 0 Å². The van der Waals surface area contributed by atoms with Gasteiger partial charge >= 0.3 is 0 Å². The van der Waals surface area contributed by atoms with E-state index in [9.17, 15) is 10.2 Å². The van der Waals surface area contributed by atoms with E-state index < -0.39 is 13.7 Å². The summed E-state index contributed by atoms with van der Waals surface area (Å²) in [6.07, 6.45) is 5.50. The summed E-state index contributed by atoms with van der Waals surface area (Å²) in [6, 6.07) is 114. The van der Waals surface area contributed by atoms with Crippen molar-refractivity contribution in [3.8, 4) is 157 Å². The van der Waals surface area contributed by atoms with Crippen LogP contribution in [-0.4, -0.2) is 39.3 Å². The van der Waals surface area contributed by atoms with Crippen LogP contribution in [0.3, 0.4) is 0 Å². The van der Waals surface area contributed by atoms with Crippen LogP contribution in [0, 0.1) is 45.6 Å². The summed E-state index contributed by atoms with van der Waals surface area (Å²) in [5.74, 6) is 2.21. The van der Waals surface area contributed by atoms with Crippen LogP contribution in [0.5, 0.6) is 11.5 Å². The molecule has 14 aromatic carbocycles. The Kier molecular flexibility index (Phi) is 23.7. The standard InChI is InChI=1S/C59H54N3O.C58H52N3O.2Pt/c1-9-59(7,8)47-27-28-53(49(37-47)42-19-14-11-15-20-42)62-54-22-16-21-48(55(54)61-57(62)50-31-39(3)32-51(56(50)63)58(4,5)6)45-33-44(40-17-12-10-13-18-40)34-46(35-45)52-36-43(29-30-60-52)41-25-23-38(2)24-26-41;1-37(2)29-40-23-26-53(49(32-40)43-17-12-9-13-18-43)61-54-20-14-19-48(55(54)60-57(61)50-30-39(4)31-51(56(50)62)58(5,6)7)46-33-45(41-15-10-8-11-16-41)34-47(35-46)52-36-44(27-28-59-52)42-24-21-38(3)22-25-42;;/h10-34,36-37,63H,9H2,1-8H3;8-28,30-34,36-37,62H,29H2,1-7H3;;/q2*-1;;/i2D3;3D3;;. The Hall–Kier alpha value is -12.7. The van der Waals surface area contributed by atoms with Crippen molar-refractivity contribution >= 4 is 22.1 Å². The third-order valence-corrected chi connectivity index (χ3v) is 24.0. The van der Waals surface area contributed by atoms with E-state index >= 15 is 0 Å². The molecule has 10 heteroatoms. The summed E-state index contributed by atoms with van der Waals surface area (Å²) in [5, 5.41) is 24.6. The molecule has 0 amide bonds. The predicted molar refractivity (Wildman–Crippen MR) is 522 cm³/mol. The zero-order chi connectivity index (χ0) is 92.2. The molecule has 8 nitrogen and oxygen atoms in total. The van der Waals surface area contributed by atoms with E-state index in [1.165, 1.54) is 11.1 Å². The molecule has 0 aliphatic heterocycles. The molecule has 0 fully saturated rings. The van der Waals surface area contributed by atoms with E-state index in [1.807, 2.05) is 109 Å². The number of fused-ring (bicyclic) bond motifs is 2. The summed E-state index contributed by atoms with van der Waals surface area (Å²) in [7, 11) is 0. The maximum Gasteiger partial charge on any atom is 0.148 e. The van der Waals surface area contributed by atoms with Gasteiger partial charge in [0.1, 0.15) is 23.1 Å². The number of aromatic nitrogens is 6. The van der Waals surface area contributed by atoms with Crippen molar-refractivity contribution in [3.63, 3.8) is 0 Å². The van der Waals surface area contributed by atoms with Crippen LogP contribution < -0.4 is 0 Å². The Morgan fingerprint density at radius 2 is 0.740 bits per heavy atom. The van der Waals surface area contributed by atoms with Crippen molar-refractivity contribution in [2.75, 3.05) is 0 Å². The molecule has 2 N–H and O–H groups in total. The number of rotatable bonds is 18. The minimum absolute atomic E-state index is 0. The molecule has 0 atom stereocenters. The second-order valence-electron chi connectivity index (χ2n) is 36.1. The molecule has 0 aliphatic carbocycles. The van der Waals surface area contributed by atoms with Crippen LogP contribution in [0.1, 0.15) is 135 Å². The van der Waals surface area contributed by atoms with E-state index in [4.69, 9.17) is 28.2 Å². The van der Waals surface area contributed by atoms with E-state index in [0.29, 0.717) is 39.8 Å². The van der Waals surface area contributed by atoms with Gasteiger partial charge in [-0.05, 0) is 190 Å². The number of phenols is 2. The van der Waals surface area contributed by atoms with Crippen molar-refractivity contribution in [1.29, 1.82) is 0 Å². The molecule has 127 heavy (non-hydrogen) atoms. The quantitative estimate of drug-likeness (QED) is 0.0830. The van der Waals surface area contributed by atoms with Gasteiger partial charge in [-0.3, -0.25) is 19.1 Å². The number of para-hydroxylation sites is 2. The number of hydrogen-bond acceptors (Lipinski definition) is 6. The Balaban J connectivity index is 0.000000200. The molecule has 18 rings (SSSR count). The smallest absolute Gasteiger partial charge is 0.148 e. The van der Waals surface area contributed by atoms with E-state index in [0.717, 1.165) is 180 Å². The van der Waals surface area contributed by atoms with Gasteiger partial charge in [0.2, 0.25) is 0 Å². The monoisotopic (exact) mass is 2020 g/mol. The first kappa shape index (κ1) is 81.3. The van der Waals surface area contributed by atoms with Gasteiger partial charge in [-0.2, -0.15) is 0 Å². The number of aryl methyl sites for hydroxylation is 4. The van der Waals surface area contributed by atoms with Gasteiger partial charge in [0, 0.05) is 96.4 Å². The van der Waals surface area contributed by atoms with Crippen molar-refractivity contribution in [2.24, 2.45) is 5.92 Å². The number of hydrogen-bond donors (Lipinski definition) is 2. The van der Waals surface area contributed by atoms with Crippen molar-refractivity contribution < 1.29 is 60.6 Å². The summed E-state index contributed by atoms with van der Waals surface area (Å²) in [6.45, 7) is 23.9. The van der Waals surface area contributed by atoms with E-state index in [2.05, 4.69) is 293 Å². The molecule has 0 unspecified atom stereocenters. The van der Waals surface area contributed by atoms with Crippen LogP contribution in [0.15, 0.2) is 328 Å². The topological polar surface area (TPSA) is 102 Å². The molecular weight excluding hydrogens is 1910 g/mol. The second kappa shape index (κ2) is 37.1. The Bertz CT molecular complexity index is 7300. The average molecular weight is 2020 g/mol. The van der Waals surface area contributed by atoms with Gasteiger partial charge in [0.15, 0.2) is 0 Å². The van der Waals surface area contributed by atoms with E-state index in [1.54, 1.807) is 36.7 Å².